The molecule has 1 aromatic rings. The van der Waals surface area contributed by atoms with E-state index in [2.05, 4.69) is 15.4 Å². The summed E-state index contributed by atoms with van der Waals surface area (Å²) in [6, 6.07) is 5.11. The molecular weight excluding hydrogens is 410 g/mol. The number of carbonyl (C=O) groups is 4. The van der Waals surface area contributed by atoms with Gasteiger partial charge in [-0.2, -0.15) is 0 Å². The Hall–Kier alpha value is -3.01. The van der Waals surface area contributed by atoms with E-state index >= 15 is 0 Å². The number of hydrogen-bond acceptors (Lipinski definition) is 7. The fourth-order valence-corrected chi connectivity index (χ4v) is 3.17. The molecule has 1 saturated heterocycles. The van der Waals surface area contributed by atoms with Crippen LogP contribution in [0, 0.1) is 0 Å². The molecule has 0 spiro atoms. The standard InChI is InChI=1S/C20H25N3O6S/c1-3-4-10-29-16(24)12-15-18(26)21-8-9-23(15)20(30)22-17(25)13-6-5-7-14(11-13)19(27)28-2/h5-7,11,15H,3-4,8-10,12H2,1-2H3,(H,21,26)(H,22,25,30). The predicted octanol–water partition coefficient (Wildman–Crippen LogP) is 1.02. The molecule has 1 fully saturated rings. The highest BCUT2D eigenvalue weighted by molar-refractivity contribution is 7.80. The van der Waals surface area contributed by atoms with Gasteiger partial charge in [-0.25, -0.2) is 4.79 Å². The summed E-state index contributed by atoms with van der Waals surface area (Å²) >= 11 is 5.32. The summed E-state index contributed by atoms with van der Waals surface area (Å²) in [5.74, 6) is -1.98. The number of rotatable bonds is 7. The zero-order valence-electron chi connectivity index (χ0n) is 16.9. The summed E-state index contributed by atoms with van der Waals surface area (Å²) in [5.41, 5.74) is 0.429. The number of ether oxygens (including phenoxy) is 2. The van der Waals surface area contributed by atoms with Gasteiger partial charge in [0, 0.05) is 18.7 Å². The number of nitrogens with one attached hydrogen (secondary N) is 2. The molecule has 2 amide bonds. The average Bonchev–Trinajstić information content (AvgIpc) is 2.74. The topological polar surface area (TPSA) is 114 Å². The van der Waals surface area contributed by atoms with Crippen LogP contribution < -0.4 is 10.6 Å². The third-order valence-electron chi connectivity index (χ3n) is 4.48. The number of amides is 2. The summed E-state index contributed by atoms with van der Waals surface area (Å²) in [6.07, 6.45) is 1.45. The predicted molar refractivity (Wildman–Crippen MR) is 112 cm³/mol. The van der Waals surface area contributed by atoms with E-state index < -0.39 is 23.9 Å². The first-order valence-electron chi connectivity index (χ1n) is 9.61. The highest BCUT2D eigenvalue weighted by Gasteiger charge is 2.34. The van der Waals surface area contributed by atoms with E-state index in [9.17, 15) is 19.2 Å². The number of esters is 2. The summed E-state index contributed by atoms with van der Waals surface area (Å²) in [7, 11) is 1.25. The minimum absolute atomic E-state index is 0.0182. The number of unbranched alkanes of at least 4 members (excludes halogenated alkanes) is 1. The van der Waals surface area contributed by atoms with Gasteiger partial charge in [0.05, 0.1) is 25.7 Å². The van der Waals surface area contributed by atoms with Crippen molar-refractivity contribution in [2.75, 3.05) is 26.8 Å². The lowest BCUT2D eigenvalue weighted by Gasteiger charge is -2.36. The van der Waals surface area contributed by atoms with Gasteiger partial charge in [0.25, 0.3) is 5.91 Å². The molecule has 30 heavy (non-hydrogen) atoms. The number of benzene rings is 1. The van der Waals surface area contributed by atoms with Gasteiger partial charge in [-0.15, -0.1) is 0 Å². The third kappa shape index (κ3) is 6.24. The first-order chi connectivity index (χ1) is 14.4. The number of piperazine rings is 1. The minimum atomic E-state index is -0.873. The molecule has 2 N–H and O–H groups in total. The molecule has 1 aromatic carbocycles. The van der Waals surface area contributed by atoms with Gasteiger partial charge in [-0.3, -0.25) is 19.7 Å². The monoisotopic (exact) mass is 435 g/mol. The first kappa shape index (κ1) is 23.3. The number of nitrogens with zero attached hydrogens (tertiary/aromatic N) is 1. The van der Waals surface area contributed by atoms with Crippen LogP contribution in [0.1, 0.15) is 46.9 Å². The lowest BCUT2D eigenvalue weighted by atomic mass is 10.1. The van der Waals surface area contributed by atoms with Crippen molar-refractivity contribution in [1.29, 1.82) is 0 Å². The van der Waals surface area contributed by atoms with E-state index in [1.165, 1.54) is 30.2 Å². The second-order valence-electron chi connectivity index (χ2n) is 6.61. The number of thiocarbonyl (C=S) groups is 1. The Morgan fingerprint density at radius 3 is 2.73 bits per heavy atom. The number of methoxy groups -OCH3 is 1. The van der Waals surface area contributed by atoms with Crippen LogP contribution in [0.5, 0.6) is 0 Å². The molecule has 1 heterocycles. The molecule has 1 unspecified atom stereocenters. The van der Waals surface area contributed by atoms with Crippen molar-refractivity contribution >= 4 is 41.1 Å². The van der Waals surface area contributed by atoms with E-state index in [1.807, 2.05) is 6.92 Å². The molecule has 0 bridgehead atoms. The molecule has 2 rings (SSSR count). The van der Waals surface area contributed by atoms with Gasteiger partial charge in [0.1, 0.15) is 6.04 Å². The minimum Gasteiger partial charge on any atom is -0.466 e. The molecule has 0 saturated carbocycles. The van der Waals surface area contributed by atoms with Crippen LogP contribution >= 0.6 is 12.2 Å². The van der Waals surface area contributed by atoms with Gasteiger partial charge in [-0.1, -0.05) is 19.4 Å². The fourth-order valence-electron chi connectivity index (χ4n) is 2.85. The largest absolute Gasteiger partial charge is 0.466 e. The first-order valence-corrected chi connectivity index (χ1v) is 10.0. The molecule has 9 nitrogen and oxygen atoms in total. The third-order valence-corrected chi connectivity index (χ3v) is 4.82. The maximum absolute atomic E-state index is 12.6. The zero-order chi connectivity index (χ0) is 22.1. The zero-order valence-corrected chi connectivity index (χ0v) is 17.8. The highest BCUT2D eigenvalue weighted by Crippen LogP contribution is 2.12. The Kier molecular flexibility index (Phi) is 8.72. The van der Waals surface area contributed by atoms with Crippen molar-refractivity contribution in [1.82, 2.24) is 15.5 Å². The molecule has 10 heteroatoms. The molecule has 0 aromatic heterocycles. The van der Waals surface area contributed by atoms with Crippen molar-refractivity contribution in [3.63, 3.8) is 0 Å². The van der Waals surface area contributed by atoms with Gasteiger partial charge in [0.15, 0.2) is 5.11 Å². The highest BCUT2D eigenvalue weighted by atomic mass is 32.1. The Morgan fingerprint density at radius 1 is 1.30 bits per heavy atom. The fraction of sp³-hybridized carbons (Fsp3) is 0.450. The Bertz CT molecular complexity index is 829. The smallest absolute Gasteiger partial charge is 0.337 e. The second-order valence-corrected chi connectivity index (χ2v) is 7.00. The van der Waals surface area contributed by atoms with Crippen molar-refractivity contribution < 1.29 is 28.7 Å². The van der Waals surface area contributed by atoms with E-state index in [4.69, 9.17) is 17.0 Å². The van der Waals surface area contributed by atoms with E-state index in [0.717, 1.165) is 12.8 Å². The molecule has 1 atom stereocenters. The Balaban J connectivity index is 2.05. The molecule has 1 aliphatic rings. The lowest BCUT2D eigenvalue weighted by Crippen LogP contribution is -2.60. The normalized spacial score (nSPS) is 15.7. The van der Waals surface area contributed by atoms with Crippen LogP contribution in [0.3, 0.4) is 0 Å². The van der Waals surface area contributed by atoms with Crippen LogP contribution in [0.4, 0.5) is 0 Å². The summed E-state index contributed by atoms with van der Waals surface area (Å²) < 4.78 is 9.79. The summed E-state index contributed by atoms with van der Waals surface area (Å²) in [5, 5.41) is 5.27. The Morgan fingerprint density at radius 2 is 2.03 bits per heavy atom. The molecule has 0 radical (unpaired) electrons. The van der Waals surface area contributed by atoms with Gasteiger partial charge >= 0.3 is 11.9 Å². The quantitative estimate of drug-likeness (QED) is 0.371. The van der Waals surface area contributed by atoms with Crippen molar-refractivity contribution in [3.8, 4) is 0 Å². The lowest BCUT2D eigenvalue weighted by molar-refractivity contribution is -0.147. The molecule has 0 aliphatic carbocycles. The summed E-state index contributed by atoms with van der Waals surface area (Å²) in [6.45, 7) is 2.93. The molecule has 1 aliphatic heterocycles. The van der Waals surface area contributed by atoms with Crippen LogP contribution in [-0.4, -0.2) is 66.6 Å². The average molecular weight is 436 g/mol. The van der Waals surface area contributed by atoms with Gasteiger partial charge in [0.2, 0.25) is 5.91 Å². The maximum atomic E-state index is 12.6. The van der Waals surface area contributed by atoms with Crippen LogP contribution in [-0.2, 0) is 19.1 Å². The van der Waals surface area contributed by atoms with Crippen LogP contribution in [0.25, 0.3) is 0 Å². The van der Waals surface area contributed by atoms with Crippen molar-refractivity contribution in [3.05, 3.63) is 35.4 Å². The SMILES string of the molecule is CCCCOC(=O)CC1C(=O)NCCN1C(=S)NC(=O)c1cccc(C(=O)OC)c1. The van der Waals surface area contributed by atoms with E-state index in [0.29, 0.717) is 19.7 Å². The van der Waals surface area contributed by atoms with E-state index in [1.54, 1.807) is 6.07 Å². The maximum Gasteiger partial charge on any atom is 0.337 e. The molecule has 162 valence electrons. The summed E-state index contributed by atoms with van der Waals surface area (Å²) in [4.78, 5) is 50.1. The number of carbonyl (C=O) groups excluding carboxylic acids is 4. The van der Waals surface area contributed by atoms with Gasteiger partial charge < -0.3 is 19.7 Å². The van der Waals surface area contributed by atoms with Gasteiger partial charge in [-0.05, 0) is 36.8 Å². The van der Waals surface area contributed by atoms with Crippen molar-refractivity contribution in [2.24, 2.45) is 0 Å². The van der Waals surface area contributed by atoms with Crippen LogP contribution in [0.2, 0.25) is 0 Å². The van der Waals surface area contributed by atoms with E-state index in [-0.39, 0.29) is 28.6 Å². The second kappa shape index (κ2) is 11.2. The number of hydrogen-bond donors (Lipinski definition) is 2. The van der Waals surface area contributed by atoms with Crippen LogP contribution in [0.15, 0.2) is 24.3 Å². The molecular formula is C20H25N3O6S. The Labute approximate surface area is 180 Å². The van der Waals surface area contributed by atoms with Crippen molar-refractivity contribution in [2.45, 2.75) is 32.2 Å².